The number of benzene rings is 2. The lowest BCUT2D eigenvalue weighted by Crippen LogP contribution is -2.06. The summed E-state index contributed by atoms with van der Waals surface area (Å²) in [5.74, 6) is 1.07. The number of carbonyl (C=O) groups excluding carboxylic acids is 1. The van der Waals surface area contributed by atoms with E-state index in [-0.39, 0.29) is 33.5 Å². The van der Waals surface area contributed by atoms with E-state index in [2.05, 4.69) is 17.6 Å². The summed E-state index contributed by atoms with van der Waals surface area (Å²) in [5, 5.41) is 19.9. The van der Waals surface area contributed by atoms with Crippen molar-refractivity contribution in [1.82, 2.24) is 4.98 Å². The third-order valence-electron chi connectivity index (χ3n) is 4.66. The molecule has 0 fully saturated rings. The molecule has 0 saturated carbocycles. The van der Waals surface area contributed by atoms with Crippen LogP contribution in [0.4, 0.5) is 5.82 Å². The summed E-state index contributed by atoms with van der Waals surface area (Å²) in [6.45, 7) is 3.97. The van der Waals surface area contributed by atoms with Gasteiger partial charge in [0.15, 0.2) is 5.78 Å². The topological polar surface area (TPSA) is 122 Å². The highest BCUT2D eigenvalue weighted by Crippen LogP contribution is 2.36. The van der Waals surface area contributed by atoms with Gasteiger partial charge in [0.1, 0.15) is 46.7 Å². The minimum Gasteiger partial charge on any atom is -0.497 e. The molecule has 3 aromatic rings. The van der Waals surface area contributed by atoms with E-state index in [9.17, 15) is 15.3 Å². The Bertz CT molecular complexity index is 1270. The standard InChI is InChI=1S/C25H20N4O3S/c1-3-11-32-18-9-7-16(8-10-18)23-20(13-26)24(28)29-25(21(23)14-27)33-15-22(30)17-5-4-6-19(12-17)31-2/h3-10,12H,1,11,15H2,2H3,(H2,28,29). The number of carbonyl (C=O) groups is 1. The van der Waals surface area contributed by atoms with E-state index in [0.717, 1.165) is 11.8 Å². The van der Waals surface area contributed by atoms with E-state index >= 15 is 0 Å². The zero-order chi connectivity index (χ0) is 23.8. The number of anilines is 1. The fourth-order valence-electron chi connectivity index (χ4n) is 3.08. The van der Waals surface area contributed by atoms with E-state index in [4.69, 9.17) is 15.2 Å². The number of ketones is 1. The Morgan fingerprint density at radius 2 is 1.88 bits per heavy atom. The van der Waals surface area contributed by atoms with Crippen LogP contribution in [0.2, 0.25) is 0 Å². The maximum atomic E-state index is 12.7. The molecule has 0 unspecified atom stereocenters. The van der Waals surface area contributed by atoms with Gasteiger partial charge in [-0.1, -0.05) is 48.7 Å². The number of nitrogen functional groups attached to an aromatic ring is 1. The number of aromatic nitrogens is 1. The summed E-state index contributed by atoms with van der Waals surface area (Å²) in [7, 11) is 1.53. The summed E-state index contributed by atoms with van der Waals surface area (Å²) >= 11 is 1.10. The summed E-state index contributed by atoms with van der Waals surface area (Å²) in [6.07, 6.45) is 1.63. The molecule has 8 heteroatoms. The number of rotatable bonds is 9. The molecule has 33 heavy (non-hydrogen) atoms. The molecular weight excluding hydrogens is 436 g/mol. The zero-order valence-electron chi connectivity index (χ0n) is 17.9. The van der Waals surface area contributed by atoms with Crippen molar-refractivity contribution in [2.45, 2.75) is 5.03 Å². The summed E-state index contributed by atoms with van der Waals surface area (Å²) < 4.78 is 10.7. The van der Waals surface area contributed by atoms with Crippen LogP contribution in [0, 0.1) is 22.7 Å². The fraction of sp³-hybridized carbons (Fsp3) is 0.120. The quantitative estimate of drug-likeness (QED) is 0.281. The van der Waals surface area contributed by atoms with Crippen molar-refractivity contribution in [3.05, 3.63) is 77.9 Å². The van der Waals surface area contributed by atoms with Crippen molar-refractivity contribution in [2.24, 2.45) is 0 Å². The highest BCUT2D eigenvalue weighted by Gasteiger charge is 2.21. The molecule has 2 aromatic carbocycles. The van der Waals surface area contributed by atoms with Crippen LogP contribution in [0.1, 0.15) is 21.5 Å². The van der Waals surface area contributed by atoms with Crippen molar-refractivity contribution in [1.29, 1.82) is 10.5 Å². The summed E-state index contributed by atoms with van der Waals surface area (Å²) in [5.41, 5.74) is 7.81. The minimum absolute atomic E-state index is 0.00480. The van der Waals surface area contributed by atoms with Crippen molar-refractivity contribution >= 4 is 23.4 Å². The van der Waals surface area contributed by atoms with Gasteiger partial charge in [0.05, 0.1) is 18.4 Å². The molecule has 0 spiro atoms. The summed E-state index contributed by atoms with van der Waals surface area (Å²) in [4.78, 5) is 16.9. The van der Waals surface area contributed by atoms with Crippen LogP contribution in [0.15, 0.2) is 66.2 Å². The number of nitrogens with two attached hydrogens (primary N) is 1. The lowest BCUT2D eigenvalue weighted by molar-refractivity contribution is 0.102. The van der Waals surface area contributed by atoms with Crippen molar-refractivity contribution < 1.29 is 14.3 Å². The Labute approximate surface area is 196 Å². The average Bonchev–Trinajstić information content (AvgIpc) is 2.85. The first-order valence-corrected chi connectivity index (χ1v) is 10.8. The third kappa shape index (κ3) is 5.32. The van der Waals surface area contributed by atoms with Gasteiger partial charge >= 0.3 is 0 Å². The molecule has 1 heterocycles. The lowest BCUT2D eigenvalue weighted by Gasteiger charge is -2.13. The largest absolute Gasteiger partial charge is 0.497 e. The molecule has 3 rings (SSSR count). The van der Waals surface area contributed by atoms with Gasteiger partial charge < -0.3 is 15.2 Å². The highest BCUT2D eigenvalue weighted by atomic mass is 32.2. The Morgan fingerprint density at radius 3 is 2.52 bits per heavy atom. The van der Waals surface area contributed by atoms with E-state index in [0.29, 0.717) is 34.8 Å². The number of nitriles is 2. The van der Waals surface area contributed by atoms with Crippen LogP contribution in [0.5, 0.6) is 11.5 Å². The van der Waals surface area contributed by atoms with Gasteiger partial charge in [0.2, 0.25) is 0 Å². The molecule has 0 atom stereocenters. The van der Waals surface area contributed by atoms with Crippen molar-refractivity contribution in [3.63, 3.8) is 0 Å². The van der Waals surface area contributed by atoms with Crippen molar-refractivity contribution in [3.8, 4) is 34.8 Å². The van der Waals surface area contributed by atoms with Gasteiger partial charge in [-0.25, -0.2) is 4.98 Å². The molecule has 0 aliphatic rings. The maximum Gasteiger partial charge on any atom is 0.173 e. The van der Waals surface area contributed by atoms with E-state index < -0.39 is 0 Å². The zero-order valence-corrected chi connectivity index (χ0v) is 18.7. The first-order valence-electron chi connectivity index (χ1n) is 9.80. The monoisotopic (exact) mass is 456 g/mol. The molecule has 2 N–H and O–H groups in total. The summed E-state index contributed by atoms with van der Waals surface area (Å²) in [6, 6.07) is 17.9. The number of methoxy groups -OCH3 is 1. The number of Topliss-reactive ketones (excluding diaryl/α,β-unsaturated/α-hetero) is 1. The molecule has 7 nitrogen and oxygen atoms in total. The van der Waals surface area contributed by atoms with Crippen LogP contribution < -0.4 is 15.2 Å². The van der Waals surface area contributed by atoms with Crippen LogP contribution in [0.3, 0.4) is 0 Å². The van der Waals surface area contributed by atoms with E-state index in [1.807, 2.05) is 6.07 Å². The van der Waals surface area contributed by atoms with E-state index in [1.54, 1.807) is 54.6 Å². The second kappa shape index (κ2) is 10.9. The molecular formula is C25H20N4O3S. The SMILES string of the molecule is C=CCOc1ccc(-c2c(C#N)c(N)nc(SCC(=O)c3cccc(OC)c3)c2C#N)cc1. The number of nitrogens with zero attached hydrogens (tertiary/aromatic N) is 3. The smallest absolute Gasteiger partial charge is 0.173 e. The first-order chi connectivity index (χ1) is 16.0. The Morgan fingerprint density at radius 1 is 1.15 bits per heavy atom. The normalized spacial score (nSPS) is 10.0. The van der Waals surface area contributed by atoms with Gasteiger partial charge in [-0.05, 0) is 29.8 Å². The fourth-order valence-corrected chi connectivity index (χ4v) is 3.97. The molecule has 164 valence electrons. The van der Waals surface area contributed by atoms with Crippen LogP contribution in [0.25, 0.3) is 11.1 Å². The molecule has 0 saturated heterocycles. The average molecular weight is 457 g/mol. The maximum absolute atomic E-state index is 12.7. The molecule has 0 bridgehead atoms. The first kappa shape index (κ1) is 23.4. The third-order valence-corrected chi connectivity index (χ3v) is 5.63. The second-order valence-electron chi connectivity index (χ2n) is 6.72. The van der Waals surface area contributed by atoms with Gasteiger partial charge in [0, 0.05) is 11.1 Å². The van der Waals surface area contributed by atoms with Crippen LogP contribution in [-0.2, 0) is 0 Å². The Balaban J connectivity index is 1.96. The predicted octanol–water partition coefficient (Wildman–Crippen LogP) is 4.62. The van der Waals surface area contributed by atoms with Gasteiger partial charge in [-0.2, -0.15) is 10.5 Å². The number of thioether (sulfide) groups is 1. The second-order valence-corrected chi connectivity index (χ2v) is 7.68. The van der Waals surface area contributed by atoms with Crippen LogP contribution >= 0.6 is 11.8 Å². The lowest BCUT2D eigenvalue weighted by atomic mass is 9.97. The highest BCUT2D eigenvalue weighted by molar-refractivity contribution is 8.00. The minimum atomic E-state index is -0.155. The molecule has 0 aliphatic heterocycles. The van der Waals surface area contributed by atoms with Gasteiger partial charge in [-0.15, -0.1) is 0 Å². The van der Waals surface area contributed by atoms with Crippen molar-refractivity contribution in [2.75, 3.05) is 25.2 Å². The molecule has 0 amide bonds. The molecule has 0 aliphatic carbocycles. The molecule has 0 radical (unpaired) electrons. The predicted molar refractivity (Wildman–Crippen MR) is 127 cm³/mol. The van der Waals surface area contributed by atoms with Gasteiger partial charge in [0.25, 0.3) is 0 Å². The molecule has 1 aromatic heterocycles. The van der Waals surface area contributed by atoms with E-state index in [1.165, 1.54) is 7.11 Å². The number of hydrogen-bond donors (Lipinski definition) is 1. The number of ether oxygens (including phenoxy) is 2. The Kier molecular flexibility index (Phi) is 7.69. The van der Waals surface area contributed by atoms with Crippen LogP contribution in [-0.4, -0.2) is 30.2 Å². The number of pyridine rings is 1. The van der Waals surface area contributed by atoms with Gasteiger partial charge in [-0.3, -0.25) is 4.79 Å². The number of hydrogen-bond acceptors (Lipinski definition) is 8. The Hall–Kier alpha value is -4.27.